The Bertz CT molecular complexity index is 1300. The summed E-state index contributed by atoms with van der Waals surface area (Å²) in [6, 6.07) is 11.2. The smallest absolute Gasteiger partial charge is 0.282 e. The molecule has 0 bridgehead atoms. The first-order valence-corrected chi connectivity index (χ1v) is 13.2. The second kappa shape index (κ2) is 10.5. The number of pyridine rings is 2. The molecule has 1 N–H and O–H groups in total. The molecule has 2 aliphatic rings. The molecule has 2 aromatic heterocycles. The van der Waals surface area contributed by atoms with Gasteiger partial charge in [0, 0.05) is 36.9 Å². The number of hydrogen-bond acceptors (Lipinski definition) is 6. The molecule has 4 heterocycles. The molecule has 0 aliphatic carbocycles. The Kier molecular flexibility index (Phi) is 7.16. The first kappa shape index (κ1) is 24.6. The molecular weight excluding hydrogens is 496 g/mol. The maximum Gasteiger partial charge on any atom is 0.282 e. The van der Waals surface area contributed by atoms with Crippen molar-refractivity contribution in [1.82, 2.24) is 20.2 Å². The molecule has 2 aliphatic heterocycles. The van der Waals surface area contributed by atoms with Gasteiger partial charge in [0.1, 0.15) is 10.9 Å². The van der Waals surface area contributed by atoms with Crippen molar-refractivity contribution in [3.63, 3.8) is 0 Å². The summed E-state index contributed by atoms with van der Waals surface area (Å²) in [6.45, 7) is 5.22. The normalized spacial score (nSPS) is 22.2. The zero-order chi connectivity index (χ0) is 25.2. The highest BCUT2D eigenvalue weighted by Crippen LogP contribution is 2.50. The van der Waals surface area contributed by atoms with Crippen LogP contribution >= 0.6 is 23.4 Å². The highest BCUT2D eigenvalue weighted by Gasteiger charge is 2.46. The lowest BCUT2D eigenvalue weighted by Gasteiger charge is -2.39. The number of carbonyl (C=O) groups excluding carboxylic acids is 2. The number of methoxy groups -OCH3 is 1. The molecule has 9 heteroatoms. The van der Waals surface area contributed by atoms with Crippen molar-refractivity contribution in [2.45, 2.75) is 24.1 Å². The average molecular weight is 523 g/mol. The predicted molar refractivity (Wildman–Crippen MR) is 143 cm³/mol. The molecule has 4 atom stereocenters. The third kappa shape index (κ3) is 4.80. The molecule has 0 spiro atoms. The van der Waals surface area contributed by atoms with Crippen molar-refractivity contribution in [1.29, 1.82) is 0 Å². The van der Waals surface area contributed by atoms with Crippen LogP contribution in [-0.2, 0) is 0 Å². The van der Waals surface area contributed by atoms with E-state index in [9.17, 15) is 9.59 Å². The van der Waals surface area contributed by atoms with Gasteiger partial charge in [0.15, 0.2) is 0 Å². The Morgan fingerprint density at radius 3 is 2.94 bits per heavy atom. The van der Waals surface area contributed by atoms with Gasteiger partial charge in [-0.05, 0) is 66.6 Å². The number of carbonyl (C=O) groups is 2. The summed E-state index contributed by atoms with van der Waals surface area (Å²) in [5.41, 5.74) is 2.45. The summed E-state index contributed by atoms with van der Waals surface area (Å²) in [7, 11) is 1.65. The highest BCUT2D eigenvalue weighted by molar-refractivity contribution is 8.14. The second-order valence-corrected chi connectivity index (χ2v) is 10.6. The molecule has 2 fully saturated rings. The molecule has 36 heavy (non-hydrogen) atoms. The molecule has 2 saturated heterocycles. The van der Waals surface area contributed by atoms with Crippen molar-refractivity contribution in [2.24, 2.45) is 11.8 Å². The number of nitrogens with zero attached hydrogens (tertiary/aromatic N) is 3. The van der Waals surface area contributed by atoms with Crippen LogP contribution in [0.2, 0.25) is 5.15 Å². The zero-order valence-corrected chi connectivity index (χ0v) is 21.5. The predicted octanol–water partition coefficient (Wildman–Crippen LogP) is 5.51. The molecule has 2 amide bonds. The maximum absolute atomic E-state index is 12.9. The van der Waals surface area contributed by atoms with Crippen LogP contribution in [0.25, 0.3) is 10.9 Å². The van der Waals surface area contributed by atoms with E-state index in [2.05, 4.69) is 21.9 Å². The first-order chi connectivity index (χ1) is 17.5. The van der Waals surface area contributed by atoms with Crippen molar-refractivity contribution in [3.8, 4) is 5.75 Å². The van der Waals surface area contributed by atoms with E-state index in [1.54, 1.807) is 19.2 Å². The molecule has 0 radical (unpaired) electrons. The van der Waals surface area contributed by atoms with Gasteiger partial charge >= 0.3 is 0 Å². The summed E-state index contributed by atoms with van der Waals surface area (Å²) < 4.78 is 5.45. The number of hydrogen-bond donors (Lipinski definition) is 1. The molecular formula is C27H27ClN4O3S. The number of fused-ring (bicyclic) bond motifs is 2. The third-order valence-electron chi connectivity index (χ3n) is 7.18. The number of aromatic nitrogens is 2. The van der Waals surface area contributed by atoms with E-state index in [0.717, 1.165) is 35.1 Å². The van der Waals surface area contributed by atoms with E-state index in [-0.39, 0.29) is 28.4 Å². The number of piperidine rings is 1. The van der Waals surface area contributed by atoms with Gasteiger partial charge in [0.05, 0.1) is 23.4 Å². The number of benzene rings is 1. The van der Waals surface area contributed by atoms with Crippen molar-refractivity contribution < 1.29 is 14.3 Å². The molecule has 186 valence electrons. The van der Waals surface area contributed by atoms with Crippen molar-refractivity contribution in [2.75, 3.05) is 20.2 Å². The van der Waals surface area contributed by atoms with Crippen LogP contribution in [-0.4, -0.2) is 52.3 Å². The lowest BCUT2D eigenvalue weighted by molar-refractivity contribution is 0.0934. The molecule has 5 rings (SSSR count). The molecule has 1 aromatic carbocycles. The van der Waals surface area contributed by atoms with Gasteiger partial charge in [-0.2, -0.15) is 0 Å². The van der Waals surface area contributed by atoms with Gasteiger partial charge in [0.25, 0.3) is 11.1 Å². The van der Waals surface area contributed by atoms with Crippen molar-refractivity contribution in [3.05, 3.63) is 77.7 Å². The molecule has 3 aromatic rings. The van der Waals surface area contributed by atoms with Gasteiger partial charge in [0.2, 0.25) is 0 Å². The average Bonchev–Trinajstić information content (AvgIpc) is 3.24. The van der Waals surface area contributed by atoms with E-state index in [0.29, 0.717) is 29.7 Å². The fraction of sp³-hybridized carbons (Fsp3) is 0.333. The van der Waals surface area contributed by atoms with Gasteiger partial charge in [-0.15, -0.1) is 6.58 Å². The minimum atomic E-state index is -0.190. The third-order valence-corrected chi connectivity index (χ3v) is 8.66. The van der Waals surface area contributed by atoms with E-state index in [1.807, 2.05) is 41.4 Å². The Morgan fingerprint density at radius 1 is 1.33 bits per heavy atom. The number of ether oxygens (including phenoxy) is 1. The van der Waals surface area contributed by atoms with Crippen LogP contribution < -0.4 is 10.1 Å². The summed E-state index contributed by atoms with van der Waals surface area (Å²) in [5.74, 6) is 0.962. The molecule has 0 saturated carbocycles. The van der Waals surface area contributed by atoms with Crippen LogP contribution in [0.5, 0.6) is 5.75 Å². The fourth-order valence-electron chi connectivity index (χ4n) is 5.24. The Hall–Kier alpha value is -3.10. The van der Waals surface area contributed by atoms with Crippen LogP contribution in [0.15, 0.2) is 61.4 Å². The van der Waals surface area contributed by atoms with Gasteiger partial charge in [-0.3, -0.25) is 14.6 Å². The van der Waals surface area contributed by atoms with E-state index >= 15 is 0 Å². The SMILES string of the molecule is C=C[C@@H](CNC(=O)c1ccc(Cl)nc1)[C@H]1CCN2C(=O)S[C@@H](c3ccnc4ccc(OC)cc34)[C@@H]2C1. The number of rotatable bonds is 7. The largest absolute Gasteiger partial charge is 0.497 e. The number of thioether (sulfide) groups is 1. The van der Waals surface area contributed by atoms with E-state index in [1.165, 1.54) is 18.0 Å². The summed E-state index contributed by atoms with van der Waals surface area (Å²) >= 11 is 7.23. The Balaban J connectivity index is 1.34. The van der Waals surface area contributed by atoms with Crippen LogP contribution in [0.1, 0.15) is 34.0 Å². The Labute approximate surface area is 219 Å². The highest BCUT2D eigenvalue weighted by atomic mass is 35.5. The number of nitrogens with one attached hydrogen (secondary N) is 1. The number of halogens is 1. The summed E-state index contributed by atoms with van der Waals surface area (Å²) in [6.07, 6.45) is 6.92. The lowest BCUT2D eigenvalue weighted by Crippen LogP contribution is -2.44. The fourth-order valence-corrected chi connectivity index (χ4v) is 6.68. The van der Waals surface area contributed by atoms with E-state index in [4.69, 9.17) is 16.3 Å². The van der Waals surface area contributed by atoms with Gasteiger partial charge < -0.3 is 15.0 Å². The first-order valence-electron chi connectivity index (χ1n) is 11.9. The van der Waals surface area contributed by atoms with Crippen molar-refractivity contribution >= 4 is 45.4 Å². The van der Waals surface area contributed by atoms with E-state index < -0.39 is 0 Å². The van der Waals surface area contributed by atoms with Crippen LogP contribution in [0.4, 0.5) is 4.79 Å². The summed E-state index contributed by atoms with van der Waals surface area (Å²) in [4.78, 5) is 36.1. The number of amides is 2. The minimum Gasteiger partial charge on any atom is -0.497 e. The monoisotopic (exact) mass is 522 g/mol. The Morgan fingerprint density at radius 2 is 2.19 bits per heavy atom. The van der Waals surface area contributed by atoms with Gasteiger partial charge in [-0.25, -0.2) is 4.98 Å². The molecule has 0 unspecified atom stereocenters. The van der Waals surface area contributed by atoms with Gasteiger partial charge in [-0.1, -0.05) is 29.4 Å². The van der Waals surface area contributed by atoms with Crippen LogP contribution in [0.3, 0.4) is 0 Å². The summed E-state index contributed by atoms with van der Waals surface area (Å²) in [5, 5.41) is 4.49. The molecule has 7 nitrogen and oxygen atoms in total. The second-order valence-electron chi connectivity index (χ2n) is 9.11. The standard InChI is InChI=1S/C27H27ClN4O3S/c1-3-16(14-31-26(33)18-4-7-24(28)30-15-18)17-9-11-32-23(12-17)25(36-27(32)34)20-8-10-29-22-6-5-19(35-2)13-21(20)22/h3-8,10,13,15-17,23,25H,1,9,11-12,14H2,2H3,(H,31,33)/t16-,17-,23-,25-/m0/s1. The topological polar surface area (TPSA) is 84.4 Å². The lowest BCUT2D eigenvalue weighted by atomic mass is 9.79. The minimum absolute atomic E-state index is 0.00176. The quantitative estimate of drug-likeness (QED) is 0.325. The zero-order valence-electron chi connectivity index (χ0n) is 19.9. The van der Waals surface area contributed by atoms with Crippen LogP contribution in [0, 0.1) is 11.8 Å². The maximum atomic E-state index is 12.9.